The van der Waals surface area contributed by atoms with Gasteiger partial charge in [0.1, 0.15) is 10.8 Å². The number of rotatable bonds is 3. The fourth-order valence-electron chi connectivity index (χ4n) is 3.36. The van der Waals surface area contributed by atoms with E-state index in [-0.39, 0.29) is 5.02 Å². The molecule has 2 aromatic carbocycles. The first kappa shape index (κ1) is 17.3. The number of thioether (sulfide) groups is 1. The van der Waals surface area contributed by atoms with E-state index in [1.54, 1.807) is 11.8 Å². The smallest absolute Gasteiger partial charge is 0.357 e. The van der Waals surface area contributed by atoms with Gasteiger partial charge in [-0.05, 0) is 18.1 Å². The van der Waals surface area contributed by atoms with Crippen molar-refractivity contribution in [2.75, 3.05) is 17.7 Å². The third kappa shape index (κ3) is 3.15. The fraction of sp³-hybridized carbons (Fsp3) is 0.190. The van der Waals surface area contributed by atoms with Gasteiger partial charge in [-0.25, -0.2) is 4.79 Å². The molecule has 5 heteroatoms. The molecule has 4 rings (SSSR count). The van der Waals surface area contributed by atoms with Crippen LogP contribution in [0.5, 0.6) is 0 Å². The van der Waals surface area contributed by atoms with E-state index in [0.29, 0.717) is 12.3 Å². The van der Waals surface area contributed by atoms with Crippen LogP contribution in [-0.2, 0) is 13.0 Å². The second-order valence-electron chi connectivity index (χ2n) is 6.30. The van der Waals surface area contributed by atoms with Gasteiger partial charge in [0.05, 0.1) is 5.69 Å². The molecule has 0 unspecified atom stereocenters. The Kier molecular flexibility index (Phi) is 4.79. The van der Waals surface area contributed by atoms with Gasteiger partial charge in [0, 0.05) is 35.4 Å². The summed E-state index contributed by atoms with van der Waals surface area (Å²) in [4.78, 5) is 15.6. The van der Waals surface area contributed by atoms with Crippen molar-refractivity contribution in [1.82, 2.24) is 0 Å². The number of anilines is 1. The lowest BCUT2D eigenvalue weighted by Gasteiger charge is -2.24. The first-order chi connectivity index (χ1) is 12.6. The molecular formula is C21H18ClNO2S. The molecule has 0 fully saturated rings. The quantitative estimate of drug-likeness (QED) is 0.618. The molecule has 0 bridgehead atoms. The minimum Gasteiger partial charge on any atom is -0.421 e. The summed E-state index contributed by atoms with van der Waals surface area (Å²) in [5.41, 5.74) is 3.43. The summed E-state index contributed by atoms with van der Waals surface area (Å²) in [7, 11) is 1.97. The van der Waals surface area contributed by atoms with Crippen molar-refractivity contribution in [3.8, 4) is 11.3 Å². The summed E-state index contributed by atoms with van der Waals surface area (Å²) < 4.78 is 5.65. The highest BCUT2D eigenvalue weighted by molar-refractivity contribution is 7.99. The van der Waals surface area contributed by atoms with Gasteiger partial charge >= 0.3 is 5.63 Å². The lowest BCUT2D eigenvalue weighted by atomic mass is 10.0. The molecule has 0 N–H and O–H groups in total. The fourth-order valence-corrected chi connectivity index (χ4v) is 4.68. The predicted molar refractivity (Wildman–Crippen MR) is 108 cm³/mol. The van der Waals surface area contributed by atoms with Gasteiger partial charge < -0.3 is 9.32 Å². The number of benzene rings is 2. The van der Waals surface area contributed by atoms with E-state index in [9.17, 15) is 4.79 Å². The lowest BCUT2D eigenvalue weighted by molar-refractivity contribution is 0.519. The molecule has 132 valence electrons. The first-order valence-electron chi connectivity index (χ1n) is 8.48. The Morgan fingerprint density at radius 3 is 2.65 bits per heavy atom. The van der Waals surface area contributed by atoms with E-state index < -0.39 is 5.63 Å². The molecule has 1 aromatic heterocycles. The third-order valence-electron chi connectivity index (χ3n) is 4.53. The van der Waals surface area contributed by atoms with E-state index in [1.807, 2.05) is 48.3 Å². The Morgan fingerprint density at radius 2 is 1.85 bits per heavy atom. The van der Waals surface area contributed by atoms with Crippen LogP contribution in [0.2, 0.25) is 5.02 Å². The second kappa shape index (κ2) is 7.22. The molecule has 0 spiro atoms. The van der Waals surface area contributed by atoms with Gasteiger partial charge in [0.15, 0.2) is 0 Å². The third-order valence-corrected chi connectivity index (χ3v) is 5.94. The zero-order valence-corrected chi connectivity index (χ0v) is 15.9. The number of nitrogens with zero attached hydrogens (tertiary/aromatic N) is 1. The van der Waals surface area contributed by atoms with Crippen LogP contribution in [-0.4, -0.2) is 12.8 Å². The minimum atomic E-state index is -0.484. The van der Waals surface area contributed by atoms with E-state index in [4.69, 9.17) is 16.0 Å². The van der Waals surface area contributed by atoms with Crippen LogP contribution < -0.4 is 10.5 Å². The van der Waals surface area contributed by atoms with Crippen LogP contribution in [0, 0.1) is 0 Å². The van der Waals surface area contributed by atoms with Crippen molar-refractivity contribution in [1.29, 1.82) is 0 Å². The number of halogens is 1. The Morgan fingerprint density at radius 1 is 1.12 bits per heavy atom. The summed E-state index contributed by atoms with van der Waals surface area (Å²) in [6, 6.07) is 18.2. The largest absolute Gasteiger partial charge is 0.421 e. The predicted octanol–water partition coefficient (Wildman–Crippen LogP) is 5.24. The Balaban J connectivity index is 1.86. The van der Waals surface area contributed by atoms with Crippen molar-refractivity contribution in [3.05, 3.63) is 81.2 Å². The van der Waals surface area contributed by atoms with Crippen molar-refractivity contribution >= 4 is 29.1 Å². The maximum atomic E-state index is 12.5. The van der Waals surface area contributed by atoms with Crippen LogP contribution in [0.3, 0.4) is 0 Å². The second-order valence-corrected chi connectivity index (χ2v) is 7.81. The molecule has 3 aromatic rings. The van der Waals surface area contributed by atoms with Gasteiger partial charge in [-0.2, -0.15) is 0 Å². The monoisotopic (exact) mass is 383 g/mol. The van der Waals surface area contributed by atoms with E-state index >= 15 is 0 Å². The highest BCUT2D eigenvalue weighted by Gasteiger charge is 2.25. The molecule has 3 nitrogen and oxygen atoms in total. The molecule has 0 amide bonds. The number of hydrogen-bond donors (Lipinski definition) is 0. The normalized spacial score (nSPS) is 12.8. The first-order valence-corrected chi connectivity index (χ1v) is 9.84. The molecule has 1 aliphatic rings. The Hall–Kier alpha value is -2.17. The summed E-state index contributed by atoms with van der Waals surface area (Å²) in [6.07, 6.45) is 0.798. The maximum absolute atomic E-state index is 12.5. The van der Waals surface area contributed by atoms with Crippen LogP contribution in [0.25, 0.3) is 11.3 Å². The highest BCUT2D eigenvalue weighted by Crippen LogP contribution is 2.42. The van der Waals surface area contributed by atoms with Gasteiger partial charge in [-0.1, -0.05) is 60.1 Å². The molecule has 0 saturated carbocycles. The molecule has 0 atom stereocenters. The van der Waals surface area contributed by atoms with Gasteiger partial charge in [0.25, 0.3) is 0 Å². The van der Waals surface area contributed by atoms with Crippen LogP contribution in [0.15, 0.2) is 68.7 Å². The zero-order valence-electron chi connectivity index (χ0n) is 14.4. The molecule has 1 aliphatic heterocycles. The molecular weight excluding hydrogens is 366 g/mol. The van der Waals surface area contributed by atoms with Crippen molar-refractivity contribution in [2.45, 2.75) is 17.9 Å². The standard InChI is InChI=1S/C21H18ClNO2S/c1-23(13-14-7-3-2-4-8-14)19-16-11-12-26-17-10-6-5-9-15(17)20(16)25-21(24)18(19)22/h2-10H,11-13H2,1H3. The van der Waals surface area contributed by atoms with E-state index in [2.05, 4.69) is 18.2 Å². The highest BCUT2D eigenvalue weighted by atomic mass is 35.5. The summed E-state index contributed by atoms with van der Waals surface area (Å²) in [6.45, 7) is 0.672. The summed E-state index contributed by atoms with van der Waals surface area (Å²) in [5.74, 6) is 1.56. The molecule has 2 heterocycles. The summed E-state index contributed by atoms with van der Waals surface area (Å²) in [5, 5.41) is 0.159. The molecule has 0 saturated heterocycles. The zero-order chi connectivity index (χ0) is 18.1. The van der Waals surface area contributed by atoms with Crippen molar-refractivity contribution < 1.29 is 4.42 Å². The van der Waals surface area contributed by atoms with Gasteiger partial charge in [-0.15, -0.1) is 11.8 Å². The minimum absolute atomic E-state index is 0.159. The van der Waals surface area contributed by atoms with Crippen molar-refractivity contribution in [2.24, 2.45) is 0 Å². The average Bonchev–Trinajstić information content (AvgIpc) is 2.83. The van der Waals surface area contributed by atoms with E-state index in [0.717, 1.165) is 39.4 Å². The van der Waals surface area contributed by atoms with Crippen LogP contribution in [0.4, 0.5) is 5.69 Å². The van der Waals surface area contributed by atoms with Crippen molar-refractivity contribution in [3.63, 3.8) is 0 Å². The lowest BCUT2D eigenvalue weighted by Crippen LogP contribution is -2.22. The average molecular weight is 384 g/mol. The van der Waals surface area contributed by atoms with Gasteiger partial charge in [-0.3, -0.25) is 0 Å². The Bertz CT molecular complexity index is 1000. The topological polar surface area (TPSA) is 33.5 Å². The number of fused-ring (bicyclic) bond motifs is 3. The Labute approximate surface area is 161 Å². The molecule has 0 aliphatic carbocycles. The maximum Gasteiger partial charge on any atom is 0.357 e. The van der Waals surface area contributed by atoms with Gasteiger partial charge in [0.2, 0.25) is 0 Å². The summed E-state index contributed by atoms with van der Waals surface area (Å²) >= 11 is 8.20. The van der Waals surface area contributed by atoms with E-state index in [1.165, 1.54) is 0 Å². The molecule has 26 heavy (non-hydrogen) atoms. The molecule has 0 radical (unpaired) electrons. The number of hydrogen-bond acceptors (Lipinski definition) is 4. The SMILES string of the molecule is CN(Cc1ccccc1)c1c2c(oc(=O)c1Cl)-c1ccccc1SCC2. The van der Waals surface area contributed by atoms with Crippen LogP contribution >= 0.6 is 23.4 Å². The van der Waals surface area contributed by atoms with Crippen LogP contribution in [0.1, 0.15) is 11.1 Å².